The topological polar surface area (TPSA) is 53.7 Å². The molecule has 1 amide bonds. The summed E-state index contributed by atoms with van der Waals surface area (Å²) in [5.74, 6) is 0.601. The molecule has 0 unspecified atom stereocenters. The maximum Gasteiger partial charge on any atom is 0.251 e. The standard InChI is InChI=1S/C15H15NO3/c1-2-16(12-5-3-6-13(17)11-12)15(18)9-8-14-7-4-10-19-14/h3-11,17H,2H2,1H3/b9-8+. The van der Waals surface area contributed by atoms with E-state index in [1.54, 1.807) is 53.6 Å². The summed E-state index contributed by atoms with van der Waals surface area (Å²) in [7, 11) is 0. The molecule has 1 N–H and O–H groups in total. The van der Waals surface area contributed by atoms with Crippen molar-refractivity contribution in [1.29, 1.82) is 0 Å². The summed E-state index contributed by atoms with van der Waals surface area (Å²) < 4.78 is 5.12. The van der Waals surface area contributed by atoms with Crippen LogP contribution in [0, 0.1) is 0 Å². The van der Waals surface area contributed by atoms with Crippen molar-refractivity contribution < 1.29 is 14.3 Å². The summed E-state index contributed by atoms with van der Waals surface area (Å²) >= 11 is 0. The molecule has 1 aromatic carbocycles. The minimum absolute atomic E-state index is 0.138. The molecule has 0 aliphatic heterocycles. The van der Waals surface area contributed by atoms with Crippen molar-refractivity contribution in [2.45, 2.75) is 6.92 Å². The molecule has 1 aromatic heterocycles. The first kappa shape index (κ1) is 13.0. The Morgan fingerprint density at radius 2 is 2.21 bits per heavy atom. The number of hydrogen-bond acceptors (Lipinski definition) is 3. The molecule has 0 bridgehead atoms. The zero-order valence-electron chi connectivity index (χ0n) is 10.6. The molecular formula is C15H15NO3. The van der Waals surface area contributed by atoms with E-state index in [1.165, 1.54) is 6.08 Å². The molecule has 0 aliphatic carbocycles. The van der Waals surface area contributed by atoms with Gasteiger partial charge in [-0.3, -0.25) is 4.79 Å². The number of likely N-dealkylation sites (N-methyl/N-ethyl adjacent to an activating group) is 1. The number of carbonyl (C=O) groups excluding carboxylic acids is 1. The van der Waals surface area contributed by atoms with E-state index in [2.05, 4.69) is 0 Å². The van der Waals surface area contributed by atoms with E-state index in [0.717, 1.165) is 0 Å². The number of hydrogen-bond donors (Lipinski definition) is 1. The lowest BCUT2D eigenvalue weighted by atomic mass is 10.2. The highest BCUT2D eigenvalue weighted by atomic mass is 16.3. The minimum atomic E-state index is -0.162. The lowest BCUT2D eigenvalue weighted by Gasteiger charge is -2.19. The molecule has 0 saturated heterocycles. The van der Waals surface area contributed by atoms with Crippen molar-refractivity contribution in [3.05, 3.63) is 54.5 Å². The van der Waals surface area contributed by atoms with E-state index in [1.807, 2.05) is 6.92 Å². The second kappa shape index (κ2) is 5.91. The number of carbonyl (C=O) groups is 1. The molecular weight excluding hydrogens is 242 g/mol. The number of amides is 1. The highest BCUT2D eigenvalue weighted by Gasteiger charge is 2.11. The molecule has 4 nitrogen and oxygen atoms in total. The van der Waals surface area contributed by atoms with Crippen molar-refractivity contribution in [3.63, 3.8) is 0 Å². The van der Waals surface area contributed by atoms with Crippen molar-refractivity contribution >= 4 is 17.7 Å². The molecule has 0 spiro atoms. The Labute approximate surface area is 111 Å². The van der Waals surface area contributed by atoms with Crippen molar-refractivity contribution in [3.8, 4) is 5.75 Å². The summed E-state index contributed by atoms with van der Waals surface area (Å²) in [6.45, 7) is 2.40. The minimum Gasteiger partial charge on any atom is -0.508 e. The van der Waals surface area contributed by atoms with Crippen LogP contribution < -0.4 is 4.90 Å². The molecule has 2 aromatic rings. The van der Waals surface area contributed by atoms with Gasteiger partial charge >= 0.3 is 0 Å². The van der Waals surface area contributed by atoms with Gasteiger partial charge in [-0.15, -0.1) is 0 Å². The number of anilines is 1. The number of nitrogens with zero attached hydrogens (tertiary/aromatic N) is 1. The Morgan fingerprint density at radius 1 is 1.37 bits per heavy atom. The fourth-order valence-corrected chi connectivity index (χ4v) is 1.76. The van der Waals surface area contributed by atoms with E-state index in [4.69, 9.17) is 4.42 Å². The number of aromatic hydroxyl groups is 1. The van der Waals surface area contributed by atoms with Gasteiger partial charge in [-0.1, -0.05) is 6.07 Å². The van der Waals surface area contributed by atoms with Gasteiger partial charge in [0.15, 0.2) is 0 Å². The molecule has 0 radical (unpaired) electrons. The Morgan fingerprint density at radius 3 is 2.84 bits per heavy atom. The Kier molecular flexibility index (Phi) is 4.03. The molecule has 0 saturated carbocycles. The van der Waals surface area contributed by atoms with Gasteiger partial charge in [-0.25, -0.2) is 0 Å². The Bertz CT molecular complexity index is 573. The molecule has 98 valence electrons. The van der Waals surface area contributed by atoms with E-state index in [9.17, 15) is 9.90 Å². The Hall–Kier alpha value is -2.49. The van der Waals surface area contributed by atoms with E-state index in [-0.39, 0.29) is 11.7 Å². The van der Waals surface area contributed by atoms with Crippen molar-refractivity contribution in [2.75, 3.05) is 11.4 Å². The maximum absolute atomic E-state index is 12.1. The lowest BCUT2D eigenvalue weighted by Crippen LogP contribution is -2.28. The third-order valence-electron chi connectivity index (χ3n) is 2.66. The zero-order valence-corrected chi connectivity index (χ0v) is 10.6. The molecule has 2 rings (SSSR count). The largest absolute Gasteiger partial charge is 0.508 e. The van der Waals surface area contributed by atoms with Crippen LogP contribution in [0.4, 0.5) is 5.69 Å². The molecule has 0 fully saturated rings. The predicted molar refractivity (Wildman–Crippen MR) is 73.9 cm³/mol. The zero-order chi connectivity index (χ0) is 13.7. The highest BCUT2D eigenvalue weighted by Crippen LogP contribution is 2.20. The summed E-state index contributed by atoms with van der Waals surface area (Å²) in [5.41, 5.74) is 0.664. The average Bonchev–Trinajstić information content (AvgIpc) is 2.90. The SMILES string of the molecule is CCN(C(=O)/C=C/c1ccco1)c1cccc(O)c1. The van der Waals surface area contributed by atoms with Crippen LogP contribution in [-0.2, 0) is 4.79 Å². The fourth-order valence-electron chi connectivity index (χ4n) is 1.76. The van der Waals surface area contributed by atoms with Crippen LogP contribution in [0.2, 0.25) is 0 Å². The highest BCUT2D eigenvalue weighted by molar-refractivity contribution is 6.03. The number of phenols is 1. The Balaban J connectivity index is 2.15. The number of rotatable bonds is 4. The molecule has 1 heterocycles. The van der Waals surface area contributed by atoms with Gasteiger partial charge in [-0.05, 0) is 37.3 Å². The quantitative estimate of drug-likeness (QED) is 0.856. The normalized spacial score (nSPS) is 10.8. The maximum atomic E-state index is 12.1. The molecule has 19 heavy (non-hydrogen) atoms. The molecule has 0 atom stereocenters. The smallest absolute Gasteiger partial charge is 0.251 e. The predicted octanol–water partition coefficient (Wildman–Crippen LogP) is 3.05. The lowest BCUT2D eigenvalue weighted by molar-refractivity contribution is -0.114. The summed E-state index contributed by atoms with van der Waals surface area (Å²) in [5, 5.41) is 9.45. The van der Waals surface area contributed by atoms with Crippen LogP contribution in [-0.4, -0.2) is 17.6 Å². The first-order valence-corrected chi connectivity index (χ1v) is 6.03. The van der Waals surface area contributed by atoms with Gasteiger partial charge in [0.05, 0.1) is 6.26 Å². The number of benzene rings is 1. The second-order valence-electron chi connectivity index (χ2n) is 3.95. The first-order valence-electron chi connectivity index (χ1n) is 6.03. The molecule has 0 aliphatic rings. The van der Waals surface area contributed by atoms with E-state index in [0.29, 0.717) is 18.0 Å². The van der Waals surface area contributed by atoms with Gasteiger partial charge in [0.1, 0.15) is 11.5 Å². The summed E-state index contributed by atoms with van der Waals surface area (Å²) in [4.78, 5) is 13.7. The van der Waals surface area contributed by atoms with Crippen LogP contribution in [0.25, 0.3) is 6.08 Å². The number of furan rings is 1. The van der Waals surface area contributed by atoms with Crippen molar-refractivity contribution in [2.24, 2.45) is 0 Å². The van der Waals surface area contributed by atoms with Gasteiger partial charge < -0.3 is 14.4 Å². The van der Waals surface area contributed by atoms with Crippen LogP contribution in [0.1, 0.15) is 12.7 Å². The van der Waals surface area contributed by atoms with Crippen molar-refractivity contribution in [1.82, 2.24) is 0 Å². The van der Waals surface area contributed by atoms with Crippen LogP contribution >= 0.6 is 0 Å². The third kappa shape index (κ3) is 3.25. The van der Waals surface area contributed by atoms with Crippen LogP contribution in [0.3, 0.4) is 0 Å². The van der Waals surface area contributed by atoms with E-state index < -0.39 is 0 Å². The van der Waals surface area contributed by atoms with Crippen LogP contribution in [0.15, 0.2) is 53.2 Å². The third-order valence-corrected chi connectivity index (χ3v) is 2.66. The summed E-state index contributed by atoms with van der Waals surface area (Å²) in [6, 6.07) is 10.1. The van der Waals surface area contributed by atoms with Gasteiger partial charge in [0.2, 0.25) is 0 Å². The van der Waals surface area contributed by atoms with Gasteiger partial charge in [-0.2, -0.15) is 0 Å². The average molecular weight is 257 g/mol. The second-order valence-corrected chi connectivity index (χ2v) is 3.95. The van der Waals surface area contributed by atoms with E-state index >= 15 is 0 Å². The first-order chi connectivity index (χ1) is 9.20. The molecule has 4 heteroatoms. The van der Waals surface area contributed by atoms with Gasteiger partial charge in [0, 0.05) is 24.4 Å². The summed E-state index contributed by atoms with van der Waals surface area (Å²) in [6.07, 6.45) is 4.62. The van der Waals surface area contributed by atoms with Gasteiger partial charge in [0.25, 0.3) is 5.91 Å². The van der Waals surface area contributed by atoms with Crippen LogP contribution in [0.5, 0.6) is 5.75 Å². The monoisotopic (exact) mass is 257 g/mol. The fraction of sp³-hybridized carbons (Fsp3) is 0.133. The number of phenolic OH excluding ortho intramolecular Hbond substituents is 1.